The molecule has 0 aliphatic heterocycles. The average molecular weight is 380 g/mol. The van der Waals surface area contributed by atoms with Crippen LogP contribution in [0.1, 0.15) is 36.8 Å². The van der Waals surface area contributed by atoms with Gasteiger partial charge in [-0.1, -0.05) is 12.8 Å². The molecule has 2 aromatic carbocycles. The summed E-state index contributed by atoms with van der Waals surface area (Å²) in [5, 5.41) is 21.4. The van der Waals surface area contributed by atoms with Gasteiger partial charge in [-0.05, 0) is 48.2 Å². The Morgan fingerprint density at radius 3 is 1.39 bits per heavy atom. The fraction of sp³-hybridized carbons (Fsp3) is 0.300. The minimum atomic E-state index is -0.426. The summed E-state index contributed by atoms with van der Waals surface area (Å²) in [5.74, 6) is 0. The highest BCUT2D eigenvalue weighted by molar-refractivity contribution is 5.81. The first kappa shape index (κ1) is 19.3. The normalized spacial score (nSPS) is 19.9. The van der Waals surface area contributed by atoms with Crippen LogP contribution in [0.25, 0.3) is 0 Å². The number of nitro benzene ring substituents is 2. The van der Waals surface area contributed by atoms with E-state index in [2.05, 4.69) is 9.98 Å². The van der Waals surface area contributed by atoms with E-state index < -0.39 is 9.85 Å². The molecular formula is C20H20N4O4. The molecule has 144 valence electrons. The lowest BCUT2D eigenvalue weighted by Crippen LogP contribution is -2.27. The summed E-state index contributed by atoms with van der Waals surface area (Å²) < 4.78 is 0. The molecule has 0 aromatic heterocycles. The van der Waals surface area contributed by atoms with Crippen molar-refractivity contribution >= 4 is 23.8 Å². The van der Waals surface area contributed by atoms with Crippen LogP contribution in [0.15, 0.2) is 58.5 Å². The van der Waals surface area contributed by atoms with Crippen LogP contribution in [0.5, 0.6) is 0 Å². The molecule has 0 spiro atoms. The SMILES string of the molecule is O=[N+]([O-])c1ccc(C=N[C@@H]2CCCC[C@H]2N=Cc2ccc([N+](=O)[O-])cc2)cc1. The second-order valence-corrected chi connectivity index (χ2v) is 6.67. The maximum Gasteiger partial charge on any atom is 0.269 e. The average Bonchev–Trinajstić information content (AvgIpc) is 2.72. The third kappa shape index (κ3) is 5.06. The van der Waals surface area contributed by atoms with Crippen LogP contribution >= 0.6 is 0 Å². The molecule has 28 heavy (non-hydrogen) atoms. The molecule has 1 aliphatic carbocycles. The van der Waals surface area contributed by atoms with Crippen LogP contribution in [0.4, 0.5) is 11.4 Å². The zero-order valence-corrected chi connectivity index (χ0v) is 15.2. The number of hydrogen-bond donors (Lipinski definition) is 0. The van der Waals surface area contributed by atoms with E-state index in [0.29, 0.717) is 0 Å². The molecule has 0 N–H and O–H groups in total. The van der Waals surface area contributed by atoms with Crippen molar-refractivity contribution in [3.8, 4) is 0 Å². The first-order valence-electron chi connectivity index (χ1n) is 9.08. The molecule has 2 atom stereocenters. The third-order valence-electron chi connectivity index (χ3n) is 4.73. The van der Waals surface area contributed by atoms with E-state index in [-0.39, 0.29) is 23.5 Å². The van der Waals surface area contributed by atoms with E-state index in [9.17, 15) is 20.2 Å². The summed E-state index contributed by atoms with van der Waals surface area (Å²) in [6.45, 7) is 0. The lowest BCUT2D eigenvalue weighted by Gasteiger charge is -2.25. The van der Waals surface area contributed by atoms with E-state index in [4.69, 9.17) is 0 Å². The molecule has 0 heterocycles. The highest BCUT2D eigenvalue weighted by atomic mass is 16.6. The van der Waals surface area contributed by atoms with Crippen LogP contribution in [0, 0.1) is 20.2 Å². The van der Waals surface area contributed by atoms with Gasteiger partial charge < -0.3 is 0 Å². The molecule has 8 nitrogen and oxygen atoms in total. The minimum absolute atomic E-state index is 0.0539. The number of non-ortho nitro benzene ring substituents is 2. The Morgan fingerprint density at radius 1 is 0.714 bits per heavy atom. The molecule has 0 saturated heterocycles. The Kier molecular flexibility index (Phi) is 6.21. The number of benzene rings is 2. The van der Waals surface area contributed by atoms with Crippen molar-refractivity contribution < 1.29 is 9.85 Å². The second kappa shape index (κ2) is 8.98. The molecule has 0 unspecified atom stereocenters. The van der Waals surface area contributed by atoms with Gasteiger partial charge in [0.1, 0.15) is 0 Å². The van der Waals surface area contributed by atoms with Crippen molar-refractivity contribution in [2.24, 2.45) is 9.98 Å². The van der Waals surface area contributed by atoms with E-state index in [1.54, 1.807) is 36.7 Å². The summed E-state index contributed by atoms with van der Waals surface area (Å²) in [4.78, 5) is 29.9. The second-order valence-electron chi connectivity index (χ2n) is 6.67. The van der Waals surface area contributed by atoms with E-state index in [0.717, 1.165) is 36.8 Å². The van der Waals surface area contributed by atoms with Crippen molar-refractivity contribution in [3.63, 3.8) is 0 Å². The van der Waals surface area contributed by atoms with Crippen molar-refractivity contribution in [2.75, 3.05) is 0 Å². The number of rotatable bonds is 6. The van der Waals surface area contributed by atoms with Crippen molar-refractivity contribution in [1.82, 2.24) is 0 Å². The predicted octanol–water partition coefficient (Wildman–Crippen LogP) is 4.35. The molecule has 0 bridgehead atoms. The van der Waals surface area contributed by atoms with E-state index >= 15 is 0 Å². The molecule has 8 heteroatoms. The van der Waals surface area contributed by atoms with Gasteiger partial charge in [-0.25, -0.2) is 0 Å². The zero-order chi connectivity index (χ0) is 19.9. The van der Waals surface area contributed by atoms with Gasteiger partial charge in [-0.3, -0.25) is 30.2 Å². The number of aliphatic imine (C=N–C) groups is 2. The molecule has 3 rings (SSSR count). The van der Waals surface area contributed by atoms with Crippen molar-refractivity contribution in [1.29, 1.82) is 0 Å². The topological polar surface area (TPSA) is 111 Å². The Balaban J connectivity index is 1.67. The highest BCUT2D eigenvalue weighted by Crippen LogP contribution is 2.24. The van der Waals surface area contributed by atoms with E-state index in [1.807, 2.05) is 0 Å². The van der Waals surface area contributed by atoms with Gasteiger partial charge in [-0.2, -0.15) is 0 Å². The lowest BCUT2D eigenvalue weighted by molar-refractivity contribution is -0.385. The number of nitro groups is 2. The molecule has 1 saturated carbocycles. The van der Waals surface area contributed by atoms with Gasteiger partial charge in [0.2, 0.25) is 0 Å². The number of hydrogen-bond acceptors (Lipinski definition) is 6. The van der Waals surface area contributed by atoms with Gasteiger partial charge in [0.25, 0.3) is 11.4 Å². The quantitative estimate of drug-likeness (QED) is 0.421. The van der Waals surface area contributed by atoms with Crippen LogP contribution in [-0.4, -0.2) is 34.4 Å². The summed E-state index contributed by atoms with van der Waals surface area (Å²) in [7, 11) is 0. The molecule has 1 fully saturated rings. The van der Waals surface area contributed by atoms with Crippen LogP contribution < -0.4 is 0 Å². The highest BCUT2D eigenvalue weighted by Gasteiger charge is 2.23. The van der Waals surface area contributed by atoms with Gasteiger partial charge >= 0.3 is 0 Å². The Morgan fingerprint density at radius 2 is 1.07 bits per heavy atom. The minimum Gasteiger partial charge on any atom is -0.287 e. The summed E-state index contributed by atoms with van der Waals surface area (Å²) in [6.07, 6.45) is 7.54. The first-order chi connectivity index (χ1) is 13.5. The zero-order valence-electron chi connectivity index (χ0n) is 15.2. The predicted molar refractivity (Wildman–Crippen MR) is 107 cm³/mol. The summed E-state index contributed by atoms with van der Waals surface area (Å²) in [5.41, 5.74) is 1.74. The number of nitrogens with zero attached hydrogens (tertiary/aromatic N) is 4. The Hall–Kier alpha value is -3.42. The van der Waals surface area contributed by atoms with Crippen LogP contribution in [0.3, 0.4) is 0 Å². The van der Waals surface area contributed by atoms with Crippen LogP contribution in [-0.2, 0) is 0 Å². The Labute approximate surface area is 161 Å². The van der Waals surface area contributed by atoms with E-state index in [1.165, 1.54) is 24.3 Å². The van der Waals surface area contributed by atoms with Gasteiger partial charge in [-0.15, -0.1) is 0 Å². The van der Waals surface area contributed by atoms with Gasteiger partial charge in [0, 0.05) is 36.7 Å². The fourth-order valence-corrected chi connectivity index (χ4v) is 3.17. The van der Waals surface area contributed by atoms with Crippen molar-refractivity contribution in [2.45, 2.75) is 37.8 Å². The largest absolute Gasteiger partial charge is 0.287 e. The van der Waals surface area contributed by atoms with Gasteiger partial charge in [0.15, 0.2) is 0 Å². The maximum absolute atomic E-state index is 10.7. The fourth-order valence-electron chi connectivity index (χ4n) is 3.17. The molecule has 0 amide bonds. The maximum atomic E-state index is 10.7. The standard InChI is InChI=1S/C20H20N4O4/c25-23(26)17-9-5-15(6-10-17)13-21-19-3-1-2-4-20(19)22-14-16-7-11-18(12-8-16)24(27)28/h5-14,19-20H,1-4H2/t19-,20-/m1/s1. The smallest absolute Gasteiger partial charge is 0.269 e. The van der Waals surface area contributed by atoms with Crippen molar-refractivity contribution in [3.05, 3.63) is 79.9 Å². The van der Waals surface area contributed by atoms with Crippen LogP contribution in [0.2, 0.25) is 0 Å². The van der Waals surface area contributed by atoms with Gasteiger partial charge in [0.05, 0.1) is 21.9 Å². The lowest BCUT2D eigenvalue weighted by atomic mass is 9.91. The molecular weight excluding hydrogens is 360 g/mol. The molecule has 2 aromatic rings. The monoisotopic (exact) mass is 380 g/mol. The molecule has 1 aliphatic rings. The summed E-state index contributed by atoms with van der Waals surface area (Å²) in [6, 6.07) is 12.7. The Bertz CT molecular complexity index is 816. The molecule has 0 radical (unpaired) electrons. The summed E-state index contributed by atoms with van der Waals surface area (Å²) >= 11 is 0. The first-order valence-corrected chi connectivity index (χ1v) is 9.08. The third-order valence-corrected chi connectivity index (χ3v) is 4.73.